The summed E-state index contributed by atoms with van der Waals surface area (Å²) in [5, 5.41) is 8.19. The number of fused-ring (bicyclic) bond motifs is 3. The van der Waals surface area contributed by atoms with Crippen LogP contribution in [0.1, 0.15) is 38.5 Å². The maximum absolute atomic E-state index is 6.41. The van der Waals surface area contributed by atoms with Gasteiger partial charge in [-0.2, -0.15) is 5.10 Å². The molecule has 0 spiro atoms. The zero-order chi connectivity index (χ0) is 17.3. The summed E-state index contributed by atoms with van der Waals surface area (Å²) in [6.07, 6.45) is 10.6. The Bertz CT molecular complexity index is 810. The van der Waals surface area contributed by atoms with Crippen molar-refractivity contribution in [3.8, 4) is 11.5 Å². The summed E-state index contributed by atoms with van der Waals surface area (Å²) in [5.74, 6) is 4.61. The van der Waals surface area contributed by atoms with Gasteiger partial charge in [0.25, 0.3) is 0 Å². The molecule has 1 aliphatic heterocycles. The van der Waals surface area contributed by atoms with Crippen molar-refractivity contribution in [3.63, 3.8) is 0 Å². The van der Waals surface area contributed by atoms with E-state index in [-0.39, 0.29) is 6.10 Å². The van der Waals surface area contributed by atoms with Gasteiger partial charge in [0.1, 0.15) is 12.7 Å². The SMILES string of the molecule is CN(CC1COc2ccc3[nH]ncc3c2O1)C12CC3CC(CC(C3)C1)C2. The lowest BCUT2D eigenvalue weighted by Crippen LogP contribution is -2.60. The van der Waals surface area contributed by atoms with Crippen molar-refractivity contribution < 1.29 is 9.47 Å². The molecule has 138 valence electrons. The largest absolute Gasteiger partial charge is 0.486 e. The van der Waals surface area contributed by atoms with E-state index in [1.807, 2.05) is 18.3 Å². The molecular formula is C21H27N3O2. The highest BCUT2D eigenvalue weighted by molar-refractivity contribution is 5.87. The van der Waals surface area contributed by atoms with Crippen molar-refractivity contribution >= 4 is 10.9 Å². The number of hydrogen-bond donors (Lipinski definition) is 1. The topological polar surface area (TPSA) is 50.4 Å². The van der Waals surface area contributed by atoms with Crippen LogP contribution >= 0.6 is 0 Å². The van der Waals surface area contributed by atoms with Gasteiger partial charge in [0.05, 0.1) is 17.1 Å². The molecule has 4 saturated carbocycles. The van der Waals surface area contributed by atoms with Gasteiger partial charge in [-0.15, -0.1) is 0 Å². The van der Waals surface area contributed by atoms with Gasteiger partial charge in [-0.3, -0.25) is 10.00 Å². The van der Waals surface area contributed by atoms with Gasteiger partial charge >= 0.3 is 0 Å². The molecule has 5 aliphatic rings. The van der Waals surface area contributed by atoms with Gasteiger partial charge in [-0.25, -0.2) is 0 Å². The van der Waals surface area contributed by atoms with Crippen LogP contribution in [0, 0.1) is 17.8 Å². The van der Waals surface area contributed by atoms with Crippen LogP contribution in [0.25, 0.3) is 10.9 Å². The Hall–Kier alpha value is -1.75. The molecule has 26 heavy (non-hydrogen) atoms. The molecule has 1 N–H and O–H groups in total. The Morgan fingerprint density at radius 2 is 1.88 bits per heavy atom. The first-order chi connectivity index (χ1) is 12.7. The lowest BCUT2D eigenvalue weighted by atomic mass is 9.52. The molecule has 4 bridgehead atoms. The highest BCUT2D eigenvalue weighted by Crippen LogP contribution is 2.57. The zero-order valence-electron chi connectivity index (χ0n) is 15.4. The third-order valence-electron chi connectivity index (χ3n) is 7.54. The first-order valence-corrected chi connectivity index (χ1v) is 10.2. The van der Waals surface area contributed by atoms with Crippen molar-refractivity contribution in [1.29, 1.82) is 0 Å². The molecule has 5 heteroatoms. The second-order valence-electron chi connectivity index (χ2n) is 9.30. The fourth-order valence-corrected chi connectivity index (χ4v) is 6.71. The van der Waals surface area contributed by atoms with Crippen LogP contribution in [0.5, 0.6) is 11.5 Å². The Balaban J connectivity index is 1.23. The van der Waals surface area contributed by atoms with Crippen molar-refractivity contribution in [2.75, 3.05) is 20.2 Å². The molecular weight excluding hydrogens is 326 g/mol. The average molecular weight is 353 g/mol. The van der Waals surface area contributed by atoms with E-state index >= 15 is 0 Å². The normalized spacial score (nSPS) is 37.6. The highest BCUT2D eigenvalue weighted by atomic mass is 16.6. The first kappa shape index (κ1) is 15.3. The number of nitrogens with zero attached hydrogens (tertiary/aromatic N) is 2. The van der Waals surface area contributed by atoms with Crippen molar-refractivity contribution in [2.24, 2.45) is 17.8 Å². The van der Waals surface area contributed by atoms with E-state index in [4.69, 9.17) is 9.47 Å². The maximum atomic E-state index is 6.41. The molecule has 5 nitrogen and oxygen atoms in total. The number of hydrogen-bond acceptors (Lipinski definition) is 4. The second-order valence-corrected chi connectivity index (χ2v) is 9.30. The second kappa shape index (κ2) is 5.38. The van der Waals surface area contributed by atoms with Gasteiger partial charge in [-0.1, -0.05) is 0 Å². The predicted molar refractivity (Wildman–Crippen MR) is 99.5 cm³/mol. The molecule has 4 aliphatic carbocycles. The number of nitrogens with one attached hydrogen (secondary N) is 1. The Morgan fingerprint density at radius 1 is 1.15 bits per heavy atom. The standard InChI is InChI=1S/C21H27N3O2/c1-24(21-7-13-4-14(8-21)6-15(5-13)9-21)11-16-12-25-19-3-2-18-17(10-22-23-18)20(19)26-16/h2-3,10,13-16H,4-9,11-12H2,1H3,(H,22,23). The van der Waals surface area contributed by atoms with Crippen LogP contribution in [-0.4, -0.2) is 46.9 Å². The minimum atomic E-state index is 0.0843. The van der Waals surface area contributed by atoms with Crippen molar-refractivity contribution in [1.82, 2.24) is 15.1 Å². The van der Waals surface area contributed by atoms with E-state index < -0.39 is 0 Å². The molecule has 0 saturated heterocycles. The molecule has 1 aromatic heterocycles. The van der Waals surface area contributed by atoms with E-state index in [9.17, 15) is 0 Å². The average Bonchev–Trinajstić information content (AvgIpc) is 3.10. The van der Waals surface area contributed by atoms with Crippen molar-refractivity contribution in [3.05, 3.63) is 18.3 Å². The molecule has 2 heterocycles. The molecule has 1 atom stereocenters. The summed E-state index contributed by atoms with van der Waals surface area (Å²) in [6, 6.07) is 3.99. The van der Waals surface area contributed by atoms with Gasteiger partial charge < -0.3 is 9.47 Å². The molecule has 0 amide bonds. The van der Waals surface area contributed by atoms with Crippen LogP contribution in [0.3, 0.4) is 0 Å². The molecule has 2 aromatic rings. The highest BCUT2D eigenvalue weighted by Gasteiger charge is 2.53. The maximum Gasteiger partial charge on any atom is 0.172 e. The summed E-state index contributed by atoms with van der Waals surface area (Å²) >= 11 is 0. The van der Waals surface area contributed by atoms with E-state index in [1.165, 1.54) is 38.5 Å². The smallest absolute Gasteiger partial charge is 0.172 e. The minimum absolute atomic E-state index is 0.0843. The third-order valence-corrected chi connectivity index (χ3v) is 7.54. The summed E-state index contributed by atoms with van der Waals surface area (Å²) < 4.78 is 12.5. The number of likely N-dealkylation sites (N-methyl/N-ethyl adjacent to an activating group) is 1. The molecule has 7 rings (SSSR count). The molecule has 4 fully saturated rings. The van der Waals surface area contributed by atoms with Gasteiger partial charge in [0.15, 0.2) is 11.5 Å². The summed E-state index contributed by atoms with van der Waals surface area (Å²) in [7, 11) is 2.32. The summed E-state index contributed by atoms with van der Waals surface area (Å²) in [6.45, 7) is 1.58. The number of rotatable bonds is 3. The van der Waals surface area contributed by atoms with Gasteiger partial charge in [0, 0.05) is 12.1 Å². The molecule has 1 aromatic carbocycles. The van der Waals surface area contributed by atoms with Crippen LogP contribution in [0.15, 0.2) is 18.3 Å². The lowest BCUT2D eigenvalue weighted by Gasteiger charge is -2.60. The lowest BCUT2D eigenvalue weighted by molar-refractivity contribution is -0.0907. The zero-order valence-corrected chi connectivity index (χ0v) is 15.4. The number of aromatic nitrogens is 2. The predicted octanol–water partition coefficient (Wildman–Crippen LogP) is 3.60. The summed E-state index contributed by atoms with van der Waals surface area (Å²) in [5.41, 5.74) is 1.42. The summed E-state index contributed by atoms with van der Waals surface area (Å²) in [4.78, 5) is 2.63. The number of benzene rings is 1. The third kappa shape index (κ3) is 2.22. The number of ether oxygens (including phenoxy) is 2. The number of H-pyrrole nitrogens is 1. The van der Waals surface area contributed by atoms with E-state index in [0.29, 0.717) is 12.1 Å². The Labute approximate surface area is 154 Å². The quantitative estimate of drug-likeness (QED) is 0.916. The minimum Gasteiger partial charge on any atom is -0.486 e. The van der Waals surface area contributed by atoms with Gasteiger partial charge in [-0.05, 0) is 75.5 Å². The van der Waals surface area contributed by atoms with Crippen LogP contribution < -0.4 is 9.47 Å². The Kier molecular flexibility index (Phi) is 3.17. The van der Waals surface area contributed by atoms with E-state index in [0.717, 1.165) is 46.7 Å². The van der Waals surface area contributed by atoms with Gasteiger partial charge in [0.2, 0.25) is 0 Å². The van der Waals surface area contributed by atoms with E-state index in [2.05, 4.69) is 22.1 Å². The number of aromatic amines is 1. The fraction of sp³-hybridized carbons (Fsp3) is 0.667. The Morgan fingerprint density at radius 3 is 2.62 bits per heavy atom. The monoisotopic (exact) mass is 353 g/mol. The van der Waals surface area contributed by atoms with Crippen molar-refractivity contribution in [2.45, 2.75) is 50.2 Å². The van der Waals surface area contributed by atoms with Crippen LogP contribution in [0.2, 0.25) is 0 Å². The molecule has 0 radical (unpaired) electrons. The van der Waals surface area contributed by atoms with E-state index in [1.54, 1.807) is 0 Å². The van der Waals surface area contributed by atoms with Crippen LogP contribution in [0.4, 0.5) is 0 Å². The first-order valence-electron chi connectivity index (χ1n) is 10.2. The molecule has 1 unspecified atom stereocenters. The fourth-order valence-electron chi connectivity index (χ4n) is 6.71. The van der Waals surface area contributed by atoms with Crippen LogP contribution in [-0.2, 0) is 0 Å².